The molecule has 2 aliphatic rings. The zero-order valence-corrected chi connectivity index (χ0v) is 27.9. The Bertz CT molecular complexity index is 1270. The molecule has 2 N–H and O–H groups in total. The van der Waals surface area contributed by atoms with Crippen molar-refractivity contribution < 1.29 is 10.2 Å². The third kappa shape index (κ3) is 11.7. The Kier molecular flexibility index (Phi) is 13.5. The summed E-state index contributed by atoms with van der Waals surface area (Å²) < 4.78 is 0. The molecule has 0 aromatic rings. The first kappa shape index (κ1) is 35.3. The van der Waals surface area contributed by atoms with Crippen LogP contribution in [0.5, 0.6) is 0 Å². The molecule has 0 heterocycles. The van der Waals surface area contributed by atoms with Gasteiger partial charge in [-0.15, -0.1) is 0 Å². The van der Waals surface area contributed by atoms with Crippen LogP contribution in [0.2, 0.25) is 0 Å². The molecule has 3 atom stereocenters. The Labute approximate surface area is 257 Å². The summed E-state index contributed by atoms with van der Waals surface area (Å²) >= 11 is 0. The number of aliphatic hydroxyl groups excluding tert-OH is 2. The predicted octanol–water partition coefficient (Wildman–Crippen LogP) is 10.4. The van der Waals surface area contributed by atoms with Crippen molar-refractivity contribution in [2.75, 3.05) is 0 Å². The Morgan fingerprint density at radius 3 is 1.74 bits per heavy atom. The number of hydrogen-bond acceptors (Lipinski definition) is 2. The van der Waals surface area contributed by atoms with Crippen molar-refractivity contribution in [1.82, 2.24) is 0 Å². The molecule has 2 rings (SSSR count). The molecule has 228 valence electrons. The number of hydrogen-bond donors (Lipinski definition) is 2. The zero-order valence-electron chi connectivity index (χ0n) is 27.9. The smallest absolute Gasteiger partial charge is 0.0729 e. The highest BCUT2D eigenvalue weighted by molar-refractivity contribution is 5.38. The summed E-state index contributed by atoms with van der Waals surface area (Å²) in [5.74, 6) is 0.348. The number of aliphatic hydroxyl groups is 2. The highest BCUT2D eigenvalue weighted by Gasteiger charge is 2.34. The second-order valence-electron chi connectivity index (χ2n) is 13.7. The fourth-order valence-electron chi connectivity index (χ4n) is 6.14. The molecule has 0 saturated carbocycles. The molecular weight excluding hydrogens is 512 g/mol. The van der Waals surface area contributed by atoms with Gasteiger partial charge in [-0.25, -0.2) is 0 Å². The fourth-order valence-corrected chi connectivity index (χ4v) is 6.14. The van der Waals surface area contributed by atoms with Gasteiger partial charge in [0.25, 0.3) is 0 Å². The molecule has 3 unspecified atom stereocenters. The first-order chi connectivity index (χ1) is 19.6. The molecule has 2 heteroatoms. The van der Waals surface area contributed by atoms with E-state index < -0.39 is 0 Å². The first-order valence-corrected chi connectivity index (χ1v) is 15.4. The zero-order chi connectivity index (χ0) is 31.5. The van der Waals surface area contributed by atoms with Crippen LogP contribution in [0.4, 0.5) is 0 Å². The average molecular weight is 569 g/mol. The van der Waals surface area contributed by atoms with Crippen LogP contribution in [0.1, 0.15) is 88.5 Å². The minimum absolute atomic E-state index is 0.00528. The normalized spacial score (nSPS) is 26.6. The predicted molar refractivity (Wildman–Crippen MR) is 184 cm³/mol. The fraction of sp³-hybridized carbons (Fsp3) is 0.450. The van der Waals surface area contributed by atoms with E-state index in [0.717, 1.165) is 19.3 Å². The quantitative estimate of drug-likeness (QED) is 0.203. The molecule has 0 amide bonds. The van der Waals surface area contributed by atoms with Crippen LogP contribution in [0.25, 0.3) is 0 Å². The molecule has 42 heavy (non-hydrogen) atoms. The van der Waals surface area contributed by atoms with Gasteiger partial charge >= 0.3 is 0 Å². The summed E-state index contributed by atoms with van der Waals surface area (Å²) in [6.45, 7) is 21.6. The van der Waals surface area contributed by atoms with Crippen molar-refractivity contribution in [3.63, 3.8) is 0 Å². The van der Waals surface area contributed by atoms with E-state index in [4.69, 9.17) is 0 Å². The van der Waals surface area contributed by atoms with Crippen molar-refractivity contribution in [2.45, 2.75) is 101 Å². The maximum absolute atomic E-state index is 10.1. The van der Waals surface area contributed by atoms with E-state index in [1.165, 1.54) is 39.0 Å². The van der Waals surface area contributed by atoms with Crippen LogP contribution in [0.15, 0.2) is 130 Å². The lowest BCUT2D eigenvalue weighted by molar-refractivity contribution is 0.116. The summed E-state index contributed by atoms with van der Waals surface area (Å²) in [6, 6.07) is 0. The summed E-state index contributed by atoms with van der Waals surface area (Å²) in [6.07, 6.45) is 33.8. The lowest BCUT2D eigenvalue weighted by Gasteiger charge is -2.38. The van der Waals surface area contributed by atoms with E-state index in [2.05, 4.69) is 154 Å². The lowest BCUT2D eigenvalue weighted by Crippen LogP contribution is -2.32. The van der Waals surface area contributed by atoms with Gasteiger partial charge in [-0.1, -0.05) is 152 Å². The van der Waals surface area contributed by atoms with E-state index >= 15 is 0 Å². The molecule has 2 aliphatic carbocycles. The van der Waals surface area contributed by atoms with Gasteiger partial charge in [0, 0.05) is 5.92 Å². The highest BCUT2D eigenvalue weighted by Crippen LogP contribution is 2.42. The van der Waals surface area contributed by atoms with E-state index in [0.29, 0.717) is 5.92 Å². The first-order valence-electron chi connectivity index (χ1n) is 15.4. The van der Waals surface area contributed by atoms with Crippen LogP contribution >= 0.6 is 0 Å². The molecule has 0 radical (unpaired) electrons. The molecular formula is C40H56O2. The molecule has 0 aliphatic heterocycles. The van der Waals surface area contributed by atoms with Gasteiger partial charge in [-0.2, -0.15) is 0 Å². The number of rotatable bonds is 10. The van der Waals surface area contributed by atoms with Gasteiger partial charge in [0.2, 0.25) is 0 Å². The third-order valence-corrected chi connectivity index (χ3v) is 8.33. The molecule has 0 saturated heterocycles. The molecule has 0 spiro atoms. The van der Waals surface area contributed by atoms with Crippen molar-refractivity contribution in [3.8, 4) is 0 Å². The topological polar surface area (TPSA) is 40.5 Å². The molecule has 0 bridgehead atoms. The van der Waals surface area contributed by atoms with E-state index in [9.17, 15) is 10.2 Å². The van der Waals surface area contributed by atoms with Crippen molar-refractivity contribution in [3.05, 3.63) is 130 Å². The van der Waals surface area contributed by atoms with E-state index in [-0.39, 0.29) is 23.0 Å². The van der Waals surface area contributed by atoms with Crippen LogP contribution < -0.4 is 0 Å². The molecule has 2 nitrogen and oxygen atoms in total. The Morgan fingerprint density at radius 1 is 0.714 bits per heavy atom. The minimum Gasteiger partial charge on any atom is -0.393 e. The van der Waals surface area contributed by atoms with E-state index in [1.807, 2.05) is 6.08 Å². The van der Waals surface area contributed by atoms with Gasteiger partial charge in [0.05, 0.1) is 12.2 Å². The average Bonchev–Trinajstić information content (AvgIpc) is 2.84. The van der Waals surface area contributed by atoms with Crippen molar-refractivity contribution >= 4 is 0 Å². The SMILES string of the molecule is CC(C=CC=C(C)C=CC1C(C)=CC(O)CC1(C)C)=CC=CC=C(C)/C=C/C=C(C)/C=C/C1=C(C)CC(O)CC1(C)C. The summed E-state index contributed by atoms with van der Waals surface area (Å²) in [4.78, 5) is 0. The maximum atomic E-state index is 10.1. The van der Waals surface area contributed by atoms with Crippen LogP contribution in [-0.2, 0) is 0 Å². The maximum Gasteiger partial charge on any atom is 0.0729 e. The van der Waals surface area contributed by atoms with Gasteiger partial charge < -0.3 is 10.2 Å². The van der Waals surface area contributed by atoms with Gasteiger partial charge in [-0.05, 0) is 77.2 Å². The monoisotopic (exact) mass is 568 g/mol. The van der Waals surface area contributed by atoms with Gasteiger partial charge in [0.1, 0.15) is 0 Å². The van der Waals surface area contributed by atoms with Crippen LogP contribution in [-0.4, -0.2) is 22.4 Å². The standard InChI is InChI=1S/C40H56O2/c1-29(17-13-19-31(3)21-23-37-33(5)25-35(41)27-39(37,7)8)15-11-12-16-30(2)18-14-20-32(4)22-24-38-34(6)26-36(42)28-40(38,9)10/h11-25,35-37,41-42H,26-28H2,1-10H3/b12-11?,17-13?,18-14+,23-21?,24-22+,29-15?,30-16?,31-19?,32-20+. The van der Waals surface area contributed by atoms with Gasteiger partial charge in [0.15, 0.2) is 0 Å². The summed E-state index contributed by atoms with van der Waals surface area (Å²) in [7, 11) is 0. The Morgan fingerprint density at radius 2 is 1.21 bits per heavy atom. The van der Waals surface area contributed by atoms with Crippen molar-refractivity contribution in [1.29, 1.82) is 0 Å². The second kappa shape index (κ2) is 16.1. The Balaban J connectivity index is 1.90. The van der Waals surface area contributed by atoms with Crippen LogP contribution in [0, 0.1) is 16.7 Å². The molecule has 0 aromatic carbocycles. The molecule has 0 fully saturated rings. The Hall–Kier alpha value is -2.94. The summed E-state index contributed by atoms with van der Waals surface area (Å²) in [5.41, 5.74) is 8.73. The van der Waals surface area contributed by atoms with Crippen molar-refractivity contribution in [2.24, 2.45) is 16.7 Å². The lowest BCUT2D eigenvalue weighted by atomic mass is 9.67. The highest BCUT2D eigenvalue weighted by atomic mass is 16.3. The molecule has 0 aromatic heterocycles. The van der Waals surface area contributed by atoms with Gasteiger partial charge in [-0.3, -0.25) is 0 Å². The minimum atomic E-state index is -0.331. The number of allylic oxidation sites excluding steroid dienone is 20. The second-order valence-corrected chi connectivity index (χ2v) is 13.7. The largest absolute Gasteiger partial charge is 0.393 e. The van der Waals surface area contributed by atoms with Crippen LogP contribution in [0.3, 0.4) is 0 Å². The third-order valence-electron chi connectivity index (χ3n) is 8.33. The van der Waals surface area contributed by atoms with E-state index in [1.54, 1.807) is 0 Å². The summed E-state index contributed by atoms with van der Waals surface area (Å²) in [5, 5.41) is 20.2.